The molecule has 19 heavy (non-hydrogen) atoms. The Morgan fingerprint density at radius 2 is 2.00 bits per heavy atom. The van der Waals surface area contributed by atoms with E-state index in [1.807, 2.05) is 0 Å². The molecule has 1 aliphatic rings. The predicted molar refractivity (Wildman–Crippen MR) is 70.9 cm³/mol. The van der Waals surface area contributed by atoms with Gasteiger partial charge in [0.15, 0.2) is 11.8 Å². The molecule has 3 rings (SSSR count). The van der Waals surface area contributed by atoms with E-state index in [0.717, 1.165) is 12.8 Å². The van der Waals surface area contributed by atoms with Gasteiger partial charge in [0.25, 0.3) is 0 Å². The van der Waals surface area contributed by atoms with Gasteiger partial charge in [-0.15, -0.1) is 5.11 Å². The molecular weight excluding hydrogens is 246 g/mol. The van der Waals surface area contributed by atoms with Crippen molar-refractivity contribution in [3.05, 3.63) is 18.2 Å². The highest BCUT2D eigenvalue weighted by atomic mass is 16.3. The number of aromatic hydroxyl groups is 2. The van der Waals surface area contributed by atoms with E-state index in [1.165, 1.54) is 0 Å². The largest absolute Gasteiger partial charge is 0.494 e. The number of aliphatic imine (C=N–C) groups is 1. The molecule has 1 fully saturated rings. The smallest absolute Gasteiger partial charge is 0.242 e. The van der Waals surface area contributed by atoms with Crippen LogP contribution in [0.4, 0.5) is 5.69 Å². The van der Waals surface area contributed by atoms with E-state index in [4.69, 9.17) is 5.53 Å². The molecule has 0 saturated heterocycles. The van der Waals surface area contributed by atoms with Crippen LogP contribution in [0.2, 0.25) is 0 Å². The van der Waals surface area contributed by atoms with Gasteiger partial charge < -0.3 is 15.5 Å². The van der Waals surface area contributed by atoms with Gasteiger partial charge in [0, 0.05) is 16.5 Å². The van der Waals surface area contributed by atoms with Gasteiger partial charge in [0.05, 0.1) is 6.04 Å². The molecule has 98 valence electrons. The van der Waals surface area contributed by atoms with Crippen molar-refractivity contribution in [1.82, 2.24) is 4.98 Å². The molecule has 0 atom stereocenters. The number of hydrogen-bond acceptors (Lipinski definition) is 4. The summed E-state index contributed by atoms with van der Waals surface area (Å²) in [5.74, 6) is 0.0804. The lowest BCUT2D eigenvalue weighted by Crippen LogP contribution is -2.09. The van der Waals surface area contributed by atoms with E-state index in [1.54, 1.807) is 18.2 Å². The van der Waals surface area contributed by atoms with Crippen LogP contribution in [0.25, 0.3) is 10.8 Å². The zero-order chi connectivity index (χ0) is 13.4. The zero-order valence-electron chi connectivity index (χ0n) is 10.0. The summed E-state index contributed by atoms with van der Waals surface area (Å²) in [5.41, 5.74) is 7.73. The lowest BCUT2D eigenvalue weighted by Gasteiger charge is -2.04. The Morgan fingerprint density at radius 1 is 1.26 bits per heavy atom. The van der Waals surface area contributed by atoms with E-state index < -0.39 is 0 Å². The van der Waals surface area contributed by atoms with Crippen molar-refractivity contribution >= 4 is 22.4 Å². The minimum atomic E-state index is -0.0976. The molecule has 2 aromatic rings. The van der Waals surface area contributed by atoms with Crippen molar-refractivity contribution in [1.29, 1.82) is 5.53 Å². The lowest BCUT2D eigenvalue weighted by molar-refractivity contribution is 0.429. The Kier molecular flexibility index (Phi) is 2.59. The van der Waals surface area contributed by atoms with Crippen LogP contribution in [0.1, 0.15) is 12.8 Å². The fourth-order valence-electron chi connectivity index (χ4n) is 1.87. The van der Waals surface area contributed by atoms with Crippen LogP contribution in [0.15, 0.2) is 28.3 Å². The fourth-order valence-corrected chi connectivity index (χ4v) is 1.87. The summed E-state index contributed by atoms with van der Waals surface area (Å²) in [6.07, 6.45) is 2.07. The summed E-state index contributed by atoms with van der Waals surface area (Å²) in [6, 6.07) is 5.32. The molecule has 1 saturated carbocycles. The normalized spacial score (nSPS) is 15.7. The van der Waals surface area contributed by atoms with Gasteiger partial charge in [-0.2, -0.15) is 0 Å². The number of fused-ring (bicyclic) bond motifs is 1. The van der Waals surface area contributed by atoms with Gasteiger partial charge in [-0.3, -0.25) is 4.98 Å². The summed E-state index contributed by atoms with van der Waals surface area (Å²) in [6.45, 7) is 0. The van der Waals surface area contributed by atoms with Crippen LogP contribution >= 0.6 is 0 Å². The molecule has 0 amide bonds. The molecule has 0 unspecified atom stereocenters. The number of guanidine groups is 1. The first-order valence-corrected chi connectivity index (χ1v) is 5.93. The molecule has 0 spiro atoms. The summed E-state index contributed by atoms with van der Waals surface area (Å²) in [5, 5.41) is 26.4. The van der Waals surface area contributed by atoms with Crippen molar-refractivity contribution in [2.75, 3.05) is 5.32 Å². The monoisotopic (exact) mass is 259 g/mol. The third-order valence-electron chi connectivity index (χ3n) is 2.98. The van der Waals surface area contributed by atoms with E-state index >= 15 is 0 Å². The van der Waals surface area contributed by atoms with Gasteiger partial charge in [0.1, 0.15) is 0 Å². The van der Waals surface area contributed by atoms with Gasteiger partial charge in [0.2, 0.25) is 5.96 Å². The number of nitrogens with one attached hydrogen (secondary N) is 3. The van der Waals surface area contributed by atoms with E-state index in [9.17, 15) is 10.2 Å². The van der Waals surface area contributed by atoms with Gasteiger partial charge >= 0.3 is 0 Å². The summed E-state index contributed by atoms with van der Waals surface area (Å²) in [4.78, 5) is 6.69. The van der Waals surface area contributed by atoms with Gasteiger partial charge in [-0.25, -0.2) is 10.5 Å². The fraction of sp³-hybridized carbons (Fsp3) is 0.250. The summed E-state index contributed by atoms with van der Waals surface area (Å²) >= 11 is 0. The predicted octanol–water partition coefficient (Wildman–Crippen LogP) is 2.54. The summed E-state index contributed by atoms with van der Waals surface area (Å²) < 4.78 is 0. The maximum Gasteiger partial charge on any atom is 0.242 e. The second-order valence-corrected chi connectivity index (χ2v) is 4.50. The number of H-pyrrole nitrogens is 1. The Bertz CT molecular complexity index is 672. The molecular formula is C12H13N5O2. The van der Waals surface area contributed by atoms with Gasteiger partial charge in [-0.05, 0) is 31.0 Å². The van der Waals surface area contributed by atoms with E-state index in [-0.39, 0.29) is 23.8 Å². The number of aromatic amines is 1. The Hall–Kier alpha value is -2.57. The first-order chi connectivity index (χ1) is 9.17. The highest BCUT2D eigenvalue weighted by molar-refractivity contribution is 5.99. The molecule has 7 nitrogen and oxygen atoms in total. The number of hydrogen-bond donors (Lipinski definition) is 5. The van der Waals surface area contributed by atoms with Crippen LogP contribution in [0.5, 0.6) is 11.8 Å². The number of nitrogens with zero attached hydrogens (tertiary/aromatic N) is 2. The zero-order valence-corrected chi connectivity index (χ0v) is 10.0. The molecule has 0 bridgehead atoms. The van der Waals surface area contributed by atoms with Crippen molar-refractivity contribution in [2.45, 2.75) is 18.9 Å². The second kappa shape index (κ2) is 4.27. The van der Waals surface area contributed by atoms with Crippen molar-refractivity contribution in [3.63, 3.8) is 0 Å². The SMILES string of the molecule is N=NC(=NC1CC1)Nc1ccc2c(O)[nH]c(O)c2c1. The molecule has 7 heteroatoms. The second-order valence-electron chi connectivity index (χ2n) is 4.50. The van der Waals surface area contributed by atoms with Gasteiger partial charge in [-0.1, -0.05) is 0 Å². The highest BCUT2D eigenvalue weighted by Gasteiger charge is 2.21. The van der Waals surface area contributed by atoms with Crippen LogP contribution in [-0.4, -0.2) is 27.2 Å². The number of anilines is 1. The Balaban J connectivity index is 1.92. The Labute approximate surface area is 108 Å². The third-order valence-corrected chi connectivity index (χ3v) is 2.98. The van der Waals surface area contributed by atoms with Crippen LogP contribution in [0.3, 0.4) is 0 Å². The molecule has 1 heterocycles. The molecule has 1 aliphatic carbocycles. The molecule has 1 aromatic carbocycles. The molecule has 1 aromatic heterocycles. The standard InChI is InChI=1S/C12H13N5O2/c13-17-12(14-6-1-2-6)15-7-3-4-8-9(5-7)11(19)16-10(8)18/h3-6,13,16,18-19H,1-2H2,(H,14,15). The van der Waals surface area contributed by atoms with Crippen molar-refractivity contribution in [3.8, 4) is 11.8 Å². The summed E-state index contributed by atoms with van der Waals surface area (Å²) in [7, 11) is 0. The number of rotatable bonds is 2. The minimum absolute atomic E-state index is 0.0731. The van der Waals surface area contributed by atoms with Crippen LogP contribution in [-0.2, 0) is 0 Å². The maximum absolute atomic E-state index is 9.63. The molecule has 0 aliphatic heterocycles. The van der Waals surface area contributed by atoms with Crippen molar-refractivity contribution in [2.24, 2.45) is 10.1 Å². The number of aromatic nitrogens is 1. The minimum Gasteiger partial charge on any atom is -0.494 e. The Morgan fingerprint density at radius 3 is 2.68 bits per heavy atom. The first kappa shape index (κ1) is 11.5. The quantitative estimate of drug-likeness (QED) is 0.324. The van der Waals surface area contributed by atoms with E-state index in [2.05, 4.69) is 20.4 Å². The highest BCUT2D eigenvalue weighted by Crippen LogP contribution is 2.33. The number of benzene rings is 1. The average Bonchev–Trinajstić information content (AvgIpc) is 3.16. The van der Waals surface area contributed by atoms with Crippen molar-refractivity contribution < 1.29 is 10.2 Å². The van der Waals surface area contributed by atoms with Crippen LogP contribution < -0.4 is 5.32 Å². The average molecular weight is 259 g/mol. The first-order valence-electron chi connectivity index (χ1n) is 5.93. The third kappa shape index (κ3) is 2.22. The van der Waals surface area contributed by atoms with E-state index in [0.29, 0.717) is 16.5 Å². The topological polar surface area (TPSA) is 117 Å². The molecule has 0 radical (unpaired) electrons. The maximum atomic E-state index is 9.63. The lowest BCUT2D eigenvalue weighted by atomic mass is 10.2. The molecule has 5 N–H and O–H groups in total. The van der Waals surface area contributed by atoms with Crippen LogP contribution in [0, 0.1) is 5.53 Å².